The summed E-state index contributed by atoms with van der Waals surface area (Å²) < 4.78 is 5.26. The summed E-state index contributed by atoms with van der Waals surface area (Å²) in [5.41, 5.74) is 5.29. The van der Waals surface area contributed by atoms with Crippen LogP contribution in [0.1, 0.15) is 37.1 Å². The normalized spacial score (nSPS) is 14.0. The molecule has 1 aromatic heterocycles. The molecule has 1 atom stereocenters. The average molecular weight is 261 g/mol. The first-order valence-corrected chi connectivity index (χ1v) is 5.48. The van der Waals surface area contributed by atoms with Crippen LogP contribution < -0.4 is 11.1 Å². The lowest BCUT2D eigenvalue weighted by atomic mass is 9.88. The first kappa shape index (κ1) is 16.0. The van der Waals surface area contributed by atoms with Gasteiger partial charge in [0.25, 0.3) is 5.91 Å². The van der Waals surface area contributed by atoms with Crippen LogP contribution in [-0.2, 0) is 0 Å². The van der Waals surface area contributed by atoms with Gasteiger partial charge in [0.05, 0.1) is 5.54 Å². The molecule has 98 valence electrons. The van der Waals surface area contributed by atoms with Crippen LogP contribution in [0, 0.1) is 12.8 Å². The zero-order valence-corrected chi connectivity index (χ0v) is 11.6. The molecule has 4 nitrogen and oxygen atoms in total. The topological polar surface area (TPSA) is 68.3 Å². The van der Waals surface area contributed by atoms with Gasteiger partial charge in [-0.3, -0.25) is 4.79 Å². The lowest BCUT2D eigenvalue weighted by Crippen LogP contribution is -2.54. The van der Waals surface area contributed by atoms with E-state index in [0.29, 0.717) is 12.3 Å². The van der Waals surface area contributed by atoms with Crippen molar-refractivity contribution in [3.05, 3.63) is 23.7 Å². The molecule has 0 aliphatic rings. The minimum Gasteiger partial charge on any atom is -0.456 e. The quantitative estimate of drug-likeness (QED) is 0.871. The van der Waals surface area contributed by atoms with Crippen LogP contribution in [0.2, 0.25) is 0 Å². The molecule has 0 saturated heterocycles. The highest BCUT2D eigenvalue weighted by atomic mass is 35.5. The minimum absolute atomic E-state index is 0. The molecule has 5 heteroatoms. The summed E-state index contributed by atoms with van der Waals surface area (Å²) in [6, 6.07) is 3.44. The standard InChI is InChI=1S/C12H20N2O2.ClH/c1-8(2)12(4,7-13)14-11(15)10-6-5-9(3)16-10;/h5-6,8H,7,13H2,1-4H3,(H,14,15);1H. The Labute approximate surface area is 108 Å². The van der Waals surface area contributed by atoms with Gasteiger partial charge in [-0.25, -0.2) is 0 Å². The van der Waals surface area contributed by atoms with E-state index < -0.39 is 5.54 Å². The van der Waals surface area contributed by atoms with Gasteiger partial charge in [0, 0.05) is 6.54 Å². The second kappa shape index (κ2) is 6.07. The first-order valence-electron chi connectivity index (χ1n) is 5.48. The monoisotopic (exact) mass is 260 g/mol. The van der Waals surface area contributed by atoms with E-state index in [1.807, 2.05) is 20.8 Å². The molecule has 0 fully saturated rings. The van der Waals surface area contributed by atoms with Crippen molar-refractivity contribution in [3.63, 3.8) is 0 Å². The predicted molar refractivity (Wildman–Crippen MR) is 70.5 cm³/mol. The summed E-state index contributed by atoms with van der Waals surface area (Å²) in [5, 5.41) is 2.91. The zero-order valence-electron chi connectivity index (χ0n) is 10.7. The van der Waals surface area contributed by atoms with Gasteiger partial charge in [0.15, 0.2) is 5.76 Å². The molecule has 1 aromatic rings. The Bertz CT molecular complexity index is 376. The summed E-state index contributed by atoms with van der Waals surface area (Å²) in [5.74, 6) is 1.11. The lowest BCUT2D eigenvalue weighted by Gasteiger charge is -2.33. The highest BCUT2D eigenvalue weighted by Gasteiger charge is 2.29. The van der Waals surface area contributed by atoms with E-state index in [-0.39, 0.29) is 24.2 Å². The van der Waals surface area contributed by atoms with Crippen molar-refractivity contribution in [1.29, 1.82) is 0 Å². The van der Waals surface area contributed by atoms with E-state index in [0.717, 1.165) is 5.76 Å². The number of carbonyl (C=O) groups is 1. The summed E-state index contributed by atoms with van der Waals surface area (Å²) >= 11 is 0. The number of hydrogen-bond donors (Lipinski definition) is 2. The number of carbonyl (C=O) groups excluding carboxylic acids is 1. The molecule has 1 unspecified atom stereocenters. The number of halogens is 1. The van der Waals surface area contributed by atoms with Crippen LogP contribution in [0.3, 0.4) is 0 Å². The maximum Gasteiger partial charge on any atom is 0.287 e. The van der Waals surface area contributed by atoms with Crippen LogP contribution in [0.5, 0.6) is 0 Å². The Morgan fingerprint density at radius 1 is 1.53 bits per heavy atom. The molecule has 1 heterocycles. The molecular weight excluding hydrogens is 240 g/mol. The number of nitrogens with one attached hydrogen (secondary N) is 1. The summed E-state index contributed by atoms with van der Waals surface area (Å²) in [7, 11) is 0. The predicted octanol–water partition coefficient (Wildman–Crippen LogP) is 2.11. The van der Waals surface area contributed by atoms with Crippen molar-refractivity contribution < 1.29 is 9.21 Å². The van der Waals surface area contributed by atoms with Gasteiger partial charge in [0.2, 0.25) is 0 Å². The number of amides is 1. The number of hydrogen-bond acceptors (Lipinski definition) is 3. The molecule has 0 radical (unpaired) electrons. The Hall–Kier alpha value is -1.00. The van der Waals surface area contributed by atoms with Crippen molar-refractivity contribution >= 4 is 18.3 Å². The molecule has 1 amide bonds. The van der Waals surface area contributed by atoms with Crippen molar-refractivity contribution in [2.75, 3.05) is 6.54 Å². The van der Waals surface area contributed by atoms with Gasteiger partial charge >= 0.3 is 0 Å². The van der Waals surface area contributed by atoms with Crippen molar-refractivity contribution in [1.82, 2.24) is 5.32 Å². The van der Waals surface area contributed by atoms with E-state index >= 15 is 0 Å². The van der Waals surface area contributed by atoms with Crippen LogP contribution in [0.15, 0.2) is 16.5 Å². The van der Waals surface area contributed by atoms with Crippen LogP contribution in [-0.4, -0.2) is 18.0 Å². The Morgan fingerprint density at radius 2 is 2.12 bits per heavy atom. The Morgan fingerprint density at radius 3 is 2.47 bits per heavy atom. The summed E-state index contributed by atoms with van der Waals surface area (Å²) in [4.78, 5) is 11.9. The third kappa shape index (κ3) is 3.75. The molecule has 17 heavy (non-hydrogen) atoms. The smallest absolute Gasteiger partial charge is 0.287 e. The van der Waals surface area contributed by atoms with Gasteiger partial charge in [-0.15, -0.1) is 12.4 Å². The highest BCUT2D eigenvalue weighted by Crippen LogP contribution is 2.16. The number of aryl methyl sites for hydroxylation is 1. The fraction of sp³-hybridized carbons (Fsp3) is 0.583. The second-order valence-corrected chi connectivity index (χ2v) is 4.64. The maximum absolute atomic E-state index is 11.9. The largest absolute Gasteiger partial charge is 0.456 e. The molecule has 0 spiro atoms. The van der Waals surface area contributed by atoms with Crippen LogP contribution in [0.25, 0.3) is 0 Å². The third-order valence-electron chi connectivity index (χ3n) is 3.06. The minimum atomic E-state index is -0.405. The van der Waals surface area contributed by atoms with Gasteiger partial charge in [-0.2, -0.15) is 0 Å². The van der Waals surface area contributed by atoms with E-state index in [4.69, 9.17) is 10.2 Å². The van der Waals surface area contributed by atoms with E-state index in [1.54, 1.807) is 19.1 Å². The molecule has 1 rings (SSSR count). The van der Waals surface area contributed by atoms with Gasteiger partial charge in [-0.05, 0) is 31.9 Å². The third-order valence-corrected chi connectivity index (χ3v) is 3.06. The van der Waals surface area contributed by atoms with Gasteiger partial charge in [-0.1, -0.05) is 13.8 Å². The van der Waals surface area contributed by atoms with E-state index in [2.05, 4.69) is 5.32 Å². The van der Waals surface area contributed by atoms with Crippen molar-refractivity contribution in [3.8, 4) is 0 Å². The SMILES string of the molecule is Cc1ccc(C(=O)NC(C)(CN)C(C)C)o1.Cl. The van der Waals surface area contributed by atoms with Crippen molar-refractivity contribution in [2.45, 2.75) is 33.2 Å². The van der Waals surface area contributed by atoms with Crippen molar-refractivity contribution in [2.24, 2.45) is 11.7 Å². The average Bonchev–Trinajstić information content (AvgIpc) is 2.64. The summed E-state index contributed by atoms with van der Waals surface area (Å²) in [6.07, 6.45) is 0. The van der Waals surface area contributed by atoms with E-state index in [9.17, 15) is 4.79 Å². The molecule has 0 saturated carbocycles. The lowest BCUT2D eigenvalue weighted by molar-refractivity contribution is 0.0853. The van der Waals surface area contributed by atoms with Gasteiger partial charge in [0.1, 0.15) is 5.76 Å². The molecule has 0 aliphatic carbocycles. The Balaban J connectivity index is 0.00000256. The number of rotatable bonds is 4. The molecule has 0 bridgehead atoms. The first-order chi connectivity index (χ1) is 7.39. The number of nitrogens with two attached hydrogens (primary N) is 1. The highest BCUT2D eigenvalue weighted by molar-refractivity contribution is 5.92. The zero-order chi connectivity index (χ0) is 12.3. The van der Waals surface area contributed by atoms with E-state index in [1.165, 1.54) is 0 Å². The molecule has 0 aromatic carbocycles. The van der Waals surface area contributed by atoms with Crippen LogP contribution in [0.4, 0.5) is 0 Å². The Kier molecular flexibility index (Phi) is 5.72. The molecule has 3 N–H and O–H groups in total. The second-order valence-electron chi connectivity index (χ2n) is 4.64. The van der Waals surface area contributed by atoms with Gasteiger partial charge < -0.3 is 15.5 Å². The fourth-order valence-electron chi connectivity index (χ4n) is 1.31. The molecular formula is C12H21ClN2O2. The summed E-state index contributed by atoms with van der Waals surface area (Å²) in [6.45, 7) is 8.20. The fourth-order valence-corrected chi connectivity index (χ4v) is 1.31. The maximum atomic E-state index is 11.9. The van der Waals surface area contributed by atoms with Crippen LogP contribution >= 0.6 is 12.4 Å². The molecule has 0 aliphatic heterocycles. The number of furan rings is 1.